The molecule has 2 aliphatic rings. The summed E-state index contributed by atoms with van der Waals surface area (Å²) >= 11 is 0. The minimum atomic E-state index is -0.902. The number of likely N-dealkylation sites (tertiary alicyclic amines) is 1. The number of amides is 8. The molecular weight excluding hydrogens is 1200 g/mol. The van der Waals surface area contributed by atoms with Crippen LogP contribution < -0.4 is 27.0 Å². The van der Waals surface area contributed by atoms with Crippen molar-refractivity contribution in [2.45, 2.75) is 195 Å². The summed E-state index contributed by atoms with van der Waals surface area (Å²) in [6.45, 7) is 20.0. The molecule has 0 unspecified atom stereocenters. The molecule has 8 amide bonds. The first-order valence-electron chi connectivity index (χ1n) is 33.8. The molecule has 1 fully saturated rings. The number of carbonyl (C=O) groups excluding carboxylic acids is 11. The Morgan fingerprint density at radius 1 is 0.745 bits per heavy atom. The van der Waals surface area contributed by atoms with Crippen LogP contribution in [0.2, 0.25) is 0 Å². The number of anilines is 1. The van der Waals surface area contributed by atoms with E-state index >= 15 is 0 Å². The number of nitrogens with zero attached hydrogens (tertiary/aromatic N) is 4. The molecule has 0 bridgehead atoms. The van der Waals surface area contributed by atoms with Gasteiger partial charge < -0.3 is 46.6 Å². The van der Waals surface area contributed by atoms with Gasteiger partial charge in [0.25, 0.3) is 11.8 Å². The maximum atomic E-state index is 14.5. The fraction of sp³-hybridized carbons (Fsp3) is 0.653. The van der Waals surface area contributed by atoms with Crippen LogP contribution in [0, 0.1) is 47.3 Å². The van der Waals surface area contributed by atoms with Gasteiger partial charge in [0.2, 0.25) is 23.6 Å². The van der Waals surface area contributed by atoms with Crippen LogP contribution in [-0.2, 0) is 65.5 Å². The van der Waals surface area contributed by atoms with Gasteiger partial charge in [-0.2, -0.15) is 0 Å². The van der Waals surface area contributed by atoms with Crippen LogP contribution in [0.15, 0.2) is 66.7 Å². The summed E-state index contributed by atoms with van der Waals surface area (Å²) in [6, 6.07) is 13.0. The molecule has 4 rings (SSSR count). The lowest BCUT2D eigenvalue weighted by Gasteiger charge is -2.41. The number of ether oxygens (including phenoxy) is 1. The lowest BCUT2D eigenvalue weighted by Crippen LogP contribution is -2.54. The number of imide groups is 1. The molecule has 1 saturated heterocycles. The molecule has 22 nitrogen and oxygen atoms in total. The van der Waals surface area contributed by atoms with E-state index in [1.807, 2.05) is 105 Å². The molecule has 524 valence electrons. The first-order chi connectivity index (χ1) is 44.4. The molecule has 2 aromatic rings. The molecule has 0 aliphatic carbocycles. The second kappa shape index (κ2) is 41.1. The Labute approximate surface area is 559 Å². The topological polar surface area (TPSA) is 304 Å². The number of nitrogens with one attached hydrogen (secondary N) is 4. The molecular formula is C72H113N9O13. The zero-order valence-corrected chi connectivity index (χ0v) is 58.9. The second-order valence-corrected chi connectivity index (χ2v) is 26.9. The maximum absolute atomic E-state index is 14.5. The fourth-order valence-electron chi connectivity index (χ4n) is 13.0. The highest BCUT2D eigenvalue weighted by Gasteiger charge is 2.43. The third kappa shape index (κ3) is 25.6. The smallest absolute Gasteiger partial charge is 0.312 e. The summed E-state index contributed by atoms with van der Waals surface area (Å²) in [7, 11) is 8.73. The molecule has 2 aliphatic heterocycles. The number of carbonyl (C=O) groups is 11. The van der Waals surface area contributed by atoms with E-state index in [-0.39, 0.29) is 121 Å². The molecule has 22 heteroatoms. The third-order valence-electron chi connectivity index (χ3n) is 18.8. The van der Waals surface area contributed by atoms with E-state index in [1.54, 1.807) is 62.2 Å². The molecule has 0 radical (unpaired) electrons. The molecule has 2 heterocycles. The summed E-state index contributed by atoms with van der Waals surface area (Å²) in [4.78, 5) is 148. The SMILES string of the molecule is CC(=O)[C@@H](CC(=O)CCCCCN1C(=O)C=CC1=O)C(C)C.CC[C@H](C)[C@@H]([C@@H](CC(=O)N1CCC[C@H]1[C@H](CO)[C@@H](C)C(=O)N[C@@H](Cc1ccccc1)C(=O)Cc1ccc(NC(=O)[C@H](CCCNC(N)=O)NC)cc1)OC)N(C)C(=O)[C@@H](CC(=O)[C@H](C(C)C)N(C)C)C(C)C. The van der Waals surface area contributed by atoms with Crippen molar-refractivity contribution in [2.24, 2.45) is 53.1 Å². The highest BCUT2D eigenvalue weighted by molar-refractivity contribution is 6.12. The summed E-state index contributed by atoms with van der Waals surface area (Å²) in [5, 5.41) is 22.4. The van der Waals surface area contributed by atoms with Crippen molar-refractivity contribution in [1.29, 1.82) is 0 Å². The van der Waals surface area contributed by atoms with Crippen molar-refractivity contribution in [2.75, 3.05) is 66.9 Å². The van der Waals surface area contributed by atoms with Crippen LogP contribution in [-0.4, -0.2) is 187 Å². The van der Waals surface area contributed by atoms with Gasteiger partial charge in [-0.25, -0.2) is 4.79 Å². The van der Waals surface area contributed by atoms with Crippen molar-refractivity contribution >= 4 is 70.3 Å². The van der Waals surface area contributed by atoms with E-state index in [2.05, 4.69) is 21.3 Å². The van der Waals surface area contributed by atoms with E-state index in [0.29, 0.717) is 82.3 Å². The number of rotatable bonds is 41. The standard InChI is InChI=1S/C55H88N8O9.C17H25NO4/c1-13-36(6)51(62(11)54(70)41(34(2)3)31-47(66)50(35(4)5)61(9)10)48(72-12)32-49(67)63-28-18-22-45(63)42(33-64)37(7)52(68)60-44(29-38-19-15-14-16-20-38)46(65)30-39-23-25-40(26-24-39)59-53(69)43(57-8)21-17-27-58-55(56)71;1-12(2)15(13(3)19)11-14(20)7-5-4-6-10-18-16(21)8-9-17(18)22/h14-16,19-20,23-26,34-37,41-45,48,50-51,57,64H,13,17-18,21-22,27-33H2,1-12H3,(H,59,69)(H,60,68)(H3,56,58,71);8-9,12,15H,4-7,10-11H2,1-3H3/t36-,37+,41-,42+,43-,44-,45-,48+,50-,51-;15-/m00/s1. The predicted octanol–water partition coefficient (Wildman–Crippen LogP) is 7.12. The lowest BCUT2D eigenvalue weighted by atomic mass is 9.83. The summed E-state index contributed by atoms with van der Waals surface area (Å²) in [6.07, 6.45) is 8.15. The molecule has 0 saturated carbocycles. The van der Waals surface area contributed by atoms with Gasteiger partial charge in [-0.15, -0.1) is 0 Å². The summed E-state index contributed by atoms with van der Waals surface area (Å²) in [5.74, 6) is -3.65. The number of urea groups is 1. The van der Waals surface area contributed by atoms with E-state index in [0.717, 1.165) is 18.4 Å². The Balaban J connectivity index is 0.000000881. The number of aliphatic hydroxyl groups is 1. The van der Waals surface area contributed by atoms with Gasteiger partial charge in [0.15, 0.2) is 11.6 Å². The Morgan fingerprint density at radius 2 is 1.37 bits per heavy atom. The zero-order chi connectivity index (χ0) is 70.5. The van der Waals surface area contributed by atoms with Gasteiger partial charge in [-0.1, -0.05) is 118 Å². The number of methoxy groups -OCH3 is 1. The van der Waals surface area contributed by atoms with Crippen LogP contribution >= 0.6 is 0 Å². The van der Waals surface area contributed by atoms with Crippen molar-refractivity contribution in [3.05, 3.63) is 77.9 Å². The number of hydrogen-bond acceptors (Lipinski definition) is 15. The van der Waals surface area contributed by atoms with Gasteiger partial charge in [0, 0.05) is 114 Å². The number of likely N-dealkylation sites (N-methyl/N-ethyl adjacent to an activating group) is 3. The minimum Gasteiger partial charge on any atom is -0.396 e. The maximum Gasteiger partial charge on any atom is 0.312 e. The van der Waals surface area contributed by atoms with Gasteiger partial charge in [-0.3, -0.25) is 57.7 Å². The number of aliphatic hydroxyl groups excluding tert-OH is 1. The highest BCUT2D eigenvalue weighted by Crippen LogP contribution is 2.33. The number of nitrogens with two attached hydrogens (primary N) is 1. The number of ketones is 4. The van der Waals surface area contributed by atoms with E-state index in [1.165, 1.54) is 24.0 Å². The monoisotopic (exact) mass is 1310 g/mol. The predicted molar refractivity (Wildman–Crippen MR) is 365 cm³/mol. The average molecular weight is 1310 g/mol. The molecule has 2 aromatic carbocycles. The van der Waals surface area contributed by atoms with E-state index < -0.39 is 60.0 Å². The zero-order valence-electron chi connectivity index (χ0n) is 58.9. The largest absolute Gasteiger partial charge is 0.396 e. The summed E-state index contributed by atoms with van der Waals surface area (Å²) in [5.41, 5.74) is 7.21. The Morgan fingerprint density at radius 3 is 1.90 bits per heavy atom. The molecule has 0 spiro atoms. The van der Waals surface area contributed by atoms with Gasteiger partial charge in [0.05, 0.1) is 36.7 Å². The Hall–Kier alpha value is -7.01. The third-order valence-corrected chi connectivity index (χ3v) is 18.8. The van der Waals surface area contributed by atoms with Crippen LogP contribution in [0.1, 0.15) is 157 Å². The van der Waals surface area contributed by atoms with Crippen molar-refractivity contribution < 1.29 is 62.6 Å². The number of hydrogen-bond donors (Lipinski definition) is 6. The summed E-state index contributed by atoms with van der Waals surface area (Å²) < 4.78 is 6.09. The number of benzene rings is 2. The first kappa shape index (κ1) is 81.2. The van der Waals surface area contributed by atoms with Crippen LogP contribution in [0.5, 0.6) is 0 Å². The number of unbranched alkanes of at least 4 members (excludes halogenated alkanes) is 2. The molecule has 94 heavy (non-hydrogen) atoms. The second-order valence-electron chi connectivity index (χ2n) is 26.9. The van der Waals surface area contributed by atoms with Crippen molar-refractivity contribution in [1.82, 2.24) is 35.6 Å². The lowest BCUT2D eigenvalue weighted by molar-refractivity contribution is -0.148. The fourth-order valence-corrected chi connectivity index (χ4v) is 13.0. The van der Waals surface area contributed by atoms with E-state index in [4.69, 9.17) is 10.5 Å². The number of primary amides is 1. The Bertz CT molecular complexity index is 2800. The van der Waals surface area contributed by atoms with Crippen LogP contribution in [0.3, 0.4) is 0 Å². The van der Waals surface area contributed by atoms with Crippen molar-refractivity contribution in [3.8, 4) is 0 Å². The van der Waals surface area contributed by atoms with Crippen LogP contribution in [0.25, 0.3) is 0 Å². The van der Waals surface area contributed by atoms with Crippen molar-refractivity contribution in [3.63, 3.8) is 0 Å². The average Bonchev–Trinajstić information content (AvgIpc) is 1.69. The van der Waals surface area contributed by atoms with Crippen LogP contribution in [0.4, 0.5) is 10.5 Å². The Kier molecular flexibility index (Phi) is 35.5. The van der Waals surface area contributed by atoms with Gasteiger partial charge >= 0.3 is 6.03 Å². The first-order valence-corrected chi connectivity index (χ1v) is 33.8. The molecule has 7 N–H and O–H groups in total. The van der Waals surface area contributed by atoms with E-state index in [9.17, 15) is 57.8 Å². The quantitative estimate of drug-likeness (QED) is 0.0285. The van der Waals surface area contributed by atoms with Gasteiger partial charge in [-0.05, 0) is 120 Å². The minimum absolute atomic E-state index is 0.00508. The van der Waals surface area contributed by atoms with Gasteiger partial charge in [0.1, 0.15) is 11.6 Å². The normalized spacial score (nSPS) is 17.1. The molecule has 11 atom stereocenters. The number of Topliss-reactive ketones (excluding diaryl/α,β-unsaturated/α-hetero) is 4. The molecule has 0 aromatic heterocycles. The highest BCUT2D eigenvalue weighted by atomic mass is 16.5.